The van der Waals surface area contributed by atoms with Crippen molar-refractivity contribution in [3.05, 3.63) is 72.8 Å². The molecular weight excluding hydrogens is 398 g/mol. The number of carbonyl (C=O) groups excluding carboxylic acids is 2. The van der Waals surface area contributed by atoms with E-state index in [0.717, 1.165) is 0 Å². The van der Waals surface area contributed by atoms with E-state index in [0.29, 0.717) is 5.69 Å². The molecule has 1 amide bonds. The Labute approximate surface area is 166 Å². The maximum absolute atomic E-state index is 12.3. The van der Waals surface area contributed by atoms with Gasteiger partial charge in [-0.25, -0.2) is 27.9 Å². The summed E-state index contributed by atoms with van der Waals surface area (Å²) >= 11 is 0. The molecule has 0 bridgehead atoms. The lowest BCUT2D eigenvalue weighted by molar-refractivity contribution is -0.119. The highest BCUT2D eigenvalue weighted by Gasteiger charge is 2.16. The fourth-order valence-electron chi connectivity index (χ4n) is 2.14. The summed E-state index contributed by atoms with van der Waals surface area (Å²) in [6.45, 7) is -0.499. The lowest BCUT2D eigenvalue weighted by Crippen LogP contribution is -2.21. The molecule has 0 aliphatic rings. The van der Waals surface area contributed by atoms with E-state index in [1.807, 2.05) is 0 Å². The van der Waals surface area contributed by atoms with Gasteiger partial charge in [-0.2, -0.15) is 0 Å². The van der Waals surface area contributed by atoms with Crippen LogP contribution < -0.4 is 10.0 Å². The SMILES string of the molecule is O=C(COC(=O)c1cccnc1)Nc1ccc(S(=O)(=O)Nc2ncccn2)cc1. The molecule has 11 heteroatoms. The summed E-state index contributed by atoms with van der Waals surface area (Å²) in [7, 11) is -3.87. The molecule has 10 nitrogen and oxygen atoms in total. The number of ether oxygens (including phenoxy) is 1. The van der Waals surface area contributed by atoms with Gasteiger partial charge in [0.05, 0.1) is 10.5 Å². The Balaban J connectivity index is 1.56. The van der Waals surface area contributed by atoms with Gasteiger partial charge in [0.15, 0.2) is 6.61 Å². The number of amides is 1. The number of benzene rings is 1. The van der Waals surface area contributed by atoms with Gasteiger partial charge in [-0.05, 0) is 42.5 Å². The van der Waals surface area contributed by atoms with Crippen molar-refractivity contribution < 1.29 is 22.7 Å². The molecule has 3 rings (SSSR count). The summed E-state index contributed by atoms with van der Waals surface area (Å²) in [6.07, 6.45) is 5.65. The minimum absolute atomic E-state index is 0.0362. The summed E-state index contributed by atoms with van der Waals surface area (Å²) in [6, 6.07) is 10.1. The van der Waals surface area contributed by atoms with Crippen molar-refractivity contribution in [2.75, 3.05) is 16.6 Å². The van der Waals surface area contributed by atoms with Crippen LogP contribution in [0, 0.1) is 0 Å². The molecule has 3 aromatic rings. The number of anilines is 2. The van der Waals surface area contributed by atoms with E-state index in [1.54, 1.807) is 12.1 Å². The highest BCUT2D eigenvalue weighted by Crippen LogP contribution is 2.16. The first-order valence-electron chi connectivity index (χ1n) is 8.21. The fraction of sp³-hybridized carbons (Fsp3) is 0.0556. The van der Waals surface area contributed by atoms with Crippen molar-refractivity contribution in [2.24, 2.45) is 0 Å². The van der Waals surface area contributed by atoms with Crippen LogP contribution in [0.3, 0.4) is 0 Å². The minimum Gasteiger partial charge on any atom is -0.452 e. The van der Waals surface area contributed by atoms with Crippen LogP contribution in [0.15, 0.2) is 72.1 Å². The summed E-state index contributed by atoms with van der Waals surface area (Å²) < 4.78 is 31.8. The van der Waals surface area contributed by atoms with E-state index in [9.17, 15) is 18.0 Å². The molecule has 0 saturated carbocycles. The molecule has 0 radical (unpaired) electrons. The van der Waals surface area contributed by atoms with Crippen LogP contribution in [0.1, 0.15) is 10.4 Å². The number of rotatable bonds is 7. The smallest absolute Gasteiger partial charge is 0.340 e. The molecule has 0 aliphatic carbocycles. The van der Waals surface area contributed by atoms with Gasteiger partial charge in [0, 0.05) is 30.5 Å². The van der Waals surface area contributed by atoms with Crippen LogP contribution in [-0.2, 0) is 19.6 Å². The van der Waals surface area contributed by atoms with E-state index < -0.39 is 28.5 Å². The number of hydrogen-bond acceptors (Lipinski definition) is 8. The molecule has 148 valence electrons. The second-order valence-electron chi connectivity index (χ2n) is 5.57. The number of esters is 1. The predicted octanol–water partition coefficient (Wildman–Crippen LogP) is 1.47. The van der Waals surface area contributed by atoms with Gasteiger partial charge >= 0.3 is 5.97 Å². The third-order valence-electron chi connectivity index (χ3n) is 3.47. The van der Waals surface area contributed by atoms with Crippen molar-refractivity contribution >= 4 is 33.5 Å². The minimum atomic E-state index is -3.87. The van der Waals surface area contributed by atoms with Gasteiger partial charge < -0.3 is 10.1 Å². The molecule has 0 saturated heterocycles. The first-order valence-corrected chi connectivity index (χ1v) is 9.69. The van der Waals surface area contributed by atoms with Gasteiger partial charge in [-0.3, -0.25) is 9.78 Å². The van der Waals surface area contributed by atoms with Crippen molar-refractivity contribution in [3.8, 4) is 0 Å². The van der Waals surface area contributed by atoms with Gasteiger partial charge in [0.1, 0.15) is 0 Å². The van der Waals surface area contributed by atoms with Crippen molar-refractivity contribution in [2.45, 2.75) is 4.90 Å². The lowest BCUT2D eigenvalue weighted by Gasteiger charge is -2.09. The Morgan fingerprint density at radius 2 is 1.69 bits per heavy atom. The van der Waals surface area contributed by atoms with Crippen LogP contribution in [0.5, 0.6) is 0 Å². The van der Waals surface area contributed by atoms with Gasteiger partial charge in [0.2, 0.25) is 5.95 Å². The first kappa shape index (κ1) is 19.9. The summed E-state index contributed by atoms with van der Waals surface area (Å²) in [5.74, 6) is -1.31. The van der Waals surface area contributed by atoms with Crippen LogP contribution in [0.2, 0.25) is 0 Å². The lowest BCUT2D eigenvalue weighted by atomic mass is 10.3. The van der Waals surface area contributed by atoms with Gasteiger partial charge in [-0.15, -0.1) is 0 Å². The van der Waals surface area contributed by atoms with Crippen LogP contribution in [0.25, 0.3) is 0 Å². The van der Waals surface area contributed by atoms with E-state index in [2.05, 4.69) is 25.0 Å². The zero-order valence-corrected chi connectivity index (χ0v) is 15.7. The van der Waals surface area contributed by atoms with Crippen LogP contribution in [-0.4, -0.2) is 41.9 Å². The zero-order chi connectivity index (χ0) is 20.7. The van der Waals surface area contributed by atoms with E-state index in [1.165, 1.54) is 55.1 Å². The largest absolute Gasteiger partial charge is 0.452 e. The fourth-order valence-corrected chi connectivity index (χ4v) is 3.10. The van der Waals surface area contributed by atoms with Crippen LogP contribution >= 0.6 is 0 Å². The van der Waals surface area contributed by atoms with Crippen LogP contribution in [0.4, 0.5) is 11.6 Å². The average Bonchev–Trinajstić information content (AvgIpc) is 2.73. The second kappa shape index (κ2) is 8.89. The molecule has 0 aliphatic heterocycles. The maximum Gasteiger partial charge on any atom is 0.340 e. The Bertz CT molecular complexity index is 1090. The maximum atomic E-state index is 12.3. The highest BCUT2D eigenvalue weighted by molar-refractivity contribution is 7.92. The zero-order valence-electron chi connectivity index (χ0n) is 14.8. The number of hydrogen-bond donors (Lipinski definition) is 2. The number of pyridine rings is 1. The average molecular weight is 413 g/mol. The summed E-state index contributed by atoms with van der Waals surface area (Å²) in [4.78, 5) is 35.1. The second-order valence-corrected chi connectivity index (χ2v) is 7.25. The first-order chi connectivity index (χ1) is 13.9. The Morgan fingerprint density at radius 1 is 0.966 bits per heavy atom. The Kier molecular flexibility index (Phi) is 6.09. The van der Waals surface area contributed by atoms with Crippen molar-refractivity contribution in [1.82, 2.24) is 15.0 Å². The van der Waals surface area contributed by atoms with Gasteiger partial charge in [0.25, 0.3) is 15.9 Å². The van der Waals surface area contributed by atoms with Gasteiger partial charge in [-0.1, -0.05) is 0 Å². The summed E-state index contributed by atoms with van der Waals surface area (Å²) in [5, 5.41) is 2.51. The summed E-state index contributed by atoms with van der Waals surface area (Å²) in [5.41, 5.74) is 0.562. The molecule has 29 heavy (non-hydrogen) atoms. The quantitative estimate of drug-likeness (QED) is 0.555. The number of aromatic nitrogens is 3. The third kappa shape index (κ3) is 5.56. The molecule has 2 aromatic heterocycles. The molecular formula is C18H15N5O5S. The van der Waals surface area contributed by atoms with E-state index >= 15 is 0 Å². The Morgan fingerprint density at radius 3 is 2.34 bits per heavy atom. The van der Waals surface area contributed by atoms with Crippen molar-refractivity contribution in [3.63, 3.8) is 0 Å². The van der Waals surface area contributed by atoms with E-state index in [4.69, 9.17) is 4.74 Å². The standard InChI is InChI=1S/C18H15N5O5S/c24-16(12-28-17(25)13-3-1-8-19-11-13)22-14-4-6-15(7-5-14)29(26,27)23-18-20-9-2-10-21-18/h1-11H,12H2,(H,22,24)(H,20,21,23). The topological polar surface area (TPSA) is 140 Å². The molecule has 2 N–H and O–H groups in total. The highest BCUT2D eigenvalue weighted by atomic mass is 32.2. The van der Waals surface area contributed by atoms with Crippen molar-refractivity contribution in [1.29, 1.82) is 0 Å². The molecule has 1 aromatic carbocycles. The molecule has 0 unspecified atom stereocenters. The Hall–Kier alpha value is -3.86. The molecule has 2 heterocycles. The number of nitrogens with one attached hydrogen (secondary N) is 2. The molecule has 0 spiro atoms. The third-order valence-corrected chi connectivity index (χ3v) is 4.82. The number of nitrogens with zero attached hydrogens (tertiary/aromatic N) is 3. The molecule has 0 atom stereocenters. The van der Waals surface area contributed by atoms with E-state index in [-0.39, 0.29) is 16.4 Å². The molecule has 0 fully saturated rings. The predicted molar refractivity (Wildman–Crippen MR) is 102 cm³/mol. The number of carbonyl (C=O) groups is 2. The number of sulfonamides is 1. The monoisotopic (exact) mass is 413 g/mol. The normalized spacial score (nSPS) is 10.8.